The fraction of sp³-hybridized carbons (Fsp3) is 0.667. The Morgan fingerprint density at radius 1 is 1.36 bits per heavy atom. The molecular weight excluding hydrogens is 378 g/mol. The van der Waals surface area contributed by atoms with Crippen molar-refractivity contribution in [3.8, 4) is 0 Å². The maximum absolute atomic E-state index is 12.1. The number of hydrogen-bond donors (Lipinski definition) is 6. The molecule has 1 aromatic rings. The highest BCUT2D eigenvalue weighted by Gasteiger charge is 2.43. The summed E-state index contributed by atoms with van der Waals surface area (Å²) < 4.78 is 36.4. The predicted octanol–water partition coefficient (Wildman–Crippen LogP) is -2.51. The number of ether oxygens (including phenoxy) is 1. The zero-order chi connectivity index (χ0) is 18.8. The largest absolute Gasteiger partial charge is 0.394 e. The molecule has 1 aromatic heterocycles. The van der Waals surface area contributed by atoms with E-state index in [1.165, 1.54) is 6.20 Å². The Bertz CT molecular complexity index is 820. The van der Waals surface area contributed by atoms with E-state index in [2.05, 4.69) is 10.3 Å². The highest BCUT2D eigenvalue weighted by Crippen LogP contribution is 2.28. The van der Waals surface area contributed by atoms with Gasteiger partial charge in [0.25, 0.3) is 10.1 Å². The van der Waals surface area contributed by atoms with E-state index in [0.29, 0.717) is 5.56 Å². The molecule has 13 heteroatoms. The minimum absolute atomic E-state index is 0.0411. The summed E-state index contributed by atoms with van der Waals surface area (Å²) in [6.07, 6.45) is -3.74. The third-order valence-electron chi connectivity index (χ3n) is 3.69. The number of aromatic nitrogens is 2. The molecule has 1 fully saturated rings. The van der Waals surface area contributed by atoms with Gasteiger partial charge in [-0.25, -0.2) is 4.79 Å². The number of hydrogen-bond acceptors (Lipinski definition) is 9. The van der Waals surface area contributed by atoms with Crippen LogP contribution in [0.2, 0.25) is 0 Å². The van der Waals surface area contributed by atoms with Crippen molar-refractivity contribution in [1.82, 2.24) is 14.9 Å². The fourth-order valence-electron chi connectivity index (χ4n) is 2.38. The van der Waals surface area contributed by atoms with Gasteiger partial charge in [0.15, 0.2) is 6.23 Å². The summed E-state index contributed by atoms with van der Waals surface area (Å²) >= 11 is 5.03. The van der Waals surface area contributed by atoms with Gasteiger partial charge in [0.2, 0.25) is 0 Å². The Hall–Kier alpha value is -1.19. The Morgan fingerprint density at radius 3 is 2.60 bits per heavy atom. The Balaban J connectivity index is 2.18. The molecule has 0 bridgehead atoms. The second kappa shape index (κ2) is 8.01. The molecular formula is C12H19N3O8S2. The molecule has 25 heavy (non-hydrogen) atoms. The molecule has 6 N–H and O–H groups in total. The lowest BCUT2D eigenvalue weighted by molar-refractivity contribution is -0.0551. The maximum Gasteiger partial charge on any atom is 0.328 e. The normalized spacial score (nSPS) is 26.9. The number of H-pyrrole nitrogens is 1. The summed E-state index contributed by atoms with van der Waals surface area (Å²) in [5.41, 5.74) is -0.274. The molecule has 0 spiro atoms. The van der Waals surface area contributed by atoms with Crippen molar-refractivity contribution in [3.63, 3.8) is 0 Å². The van der Waals surface area contributed by atoms with Crippen LogP contribution in [0.25, 0.3) is 0 Å². The van der Waals surface area contributed by atoms with E-state index in [4.69, 9.17) is 26.6 Å². The standard InChI is InChI=1S/C12H19N3O8S2/c16-5-7-8(17)9(18)11(23-7)15-4-6(10(24)14-12(15)19)3-13-1-2-25(20,21)22/h4,7-9,11,13,16-18H,1-3,5H2,(H,14,19,24)(H,20,21,22)/t7-,8-,9-,11-/m1/s1. The third kappa shape index (κ3) is 4.92. The summed E-state index contributed by atoms with van der Waals surface area (Å²) in [6, 6.07) is 0. The van der Waals surface area contributed by atoms with Crippen molar-refractivity contribution in [2.45, 2.75) is 31.1 Å². The molecule has 0 saturated carbocycles. The summed E-state index contributed by atoms with van der Waals surface area (Å²) in [7, 11) is -4.10. The molecule has 0 amide bonds. The maximum atomic E-state index is 12.1. The van der Waals surface area contributed by atoms with E-state index in [0.717, 1.165) is 4.57 Å². The van der Waals surface area contributed by atoms with Gasteiger partial charge in [0, 0.05) is 24.8 Å². The van der Waals surface area contributed by atoms with Gasteiger partial charge < -0.3 is 25.4 Å². The zero-order valence-electron chi connectivity index (χ0n) is 12.9. The van der Waals surface area contributed by atoms with E-state index in [-0.39, 0.29) is 17.7 Å². The van der Waals surface area contributed by atoms with Crippen molar-refractivity contribution in [2.75, 3.05) is 18.9 Å². The zero-order valence-corrected chi connectivity index (χ0v) is 14.5. The summed E-state index contributed by atoms with van der Waals surface area (Å²) in [6.45, 7) is -0.489. The van der Waals surface area contributed by atoms with Crippen LogP contribution in [0.5, 0.6) is 0 Å². The summed E-state index contributed by atoms with van der Waals surface area (Å²) in [4.78, 5) is 14.4. The van der Waals surface area contributed by atoms with Crippen LogP contribution < -0.4 is 11.0 Å². The highest BCUT2D eigenvalue weighted by atomic mass is 32.2. The summed E-state index contributed by atoms with van der Waals surface area (Å²) in [5, 5.41) is 31.6. The van der Waals surface area contributed by atoms with Crippen LogP contribution in [0, 0.1) is 4.64 Å². The first-order valence-electron chi connectivity index (χ1n) is 7.26. The van der Waals surface area contributed by atoms with Gasteiger partial charge in [0.1, 0.15) is 23.0 Å². The van der Waals surface area contributed by atoms with Gasteiger partial charge >= 0.3 is 5.69 Å². The first-order valence-corrected chi connectivity index (χ1v) is 9.28. The molecule has 2 heterocycles. The van der Waals surface area contributed by atoms with Gasteiger partial charge in [-0.15, -0.1) is 0 Å². The van der Waals surface area contributed by atoms with Crippen molar-refractivity contribution >= 4 is 22.3 Å². The molecule has 142 valence electrons. The van der Waals surface area contributed by atoms with Gasteiger partial charge in [0.05, 0.1) is 12.4 Å². The molecule has 0 aliphatic carbocycles. The lowest BCUT2D eigenvalue weighted by Gasteiger charge is -2.18. The van der Waals surface area contributed by atoms with E-state index in [1.807, 2.05) is 0 Å². The monoisotopic (exact) mass is 397 g/mol. The number of aliphatic hydroxyl groups excluding tert-OH is 3. The van der Waals surface area contributed by atoms with Gasteiger partial charge in [-0.2, -0.15) is 8.42 Å². The van der Waals surface area contributed by atoms with Crippen LogP contribution in [-0.4, -0.2) is 75.1 Å². The first-order chi connectivity index (χ1) is 11.6. The van der Waals surface area contributed by atoms with Gasteiger partial charge in [-0.05, 0) is 0 Å². The molecule has 0 radical (unpaired) electrons. The number of aromatic amines is 1. The van der Waals surface area contributed by atoms with E-state index >= 15 is 0 Å². The van der Waals surface area contributed by atoms with E-state index < -0.39 is 52.7 Å². The van der Waals surface area contributed by atoms with Crippen LogP contribution in [0.1, 0.15) is 11.8 Å². The summed E-state index contributed by atoms with van der Waals surface area (Å²) in [5.74, 6) is -0.488. The fourth-order valence-corrected chi connectivity index (χ4v) is 2.99. The minimum atomic E-state index is -4.10. The van der Waals surface area contributed by atoms with Crippen molar-refractivity contribution in [1.29, 1.82) is 0 Å². The molecule has 0 aromatic carbocycles. The lowest BCUT2D eigenvalue weighted by Crippen LogP contribution is -2.36. The van der Waals surface area contributed by atoms with Gasteiger partial charge in [-0.3, -0.25) is 14.1 Å². The molecule has 4 atom stereocenters. The molecule has 11 nitrogen and oxygen atoms in total. The number of rotatable bonds is 7. The van der Waals surface area contributed by atoms with Gasteiger partial charge in [-0.1, -0.05) is 12.2 Å². The van der Waals surface area contributed by atoms with Crippen molar-refractivity contribution < 1.29 is 33.0 Å². The third-order valence-corrected chi connectivity index (χ3v) is 4.77. The average molecular weight is 397 g/mol. The molecule has 0 unspecified atom stereocenters. The lowest BCUT2D eigenvalue weighted by atomic mass is 10.1. The number of aliphatic hydroxyl groups is 3. The molecule has 2 rings (SSSR count). The second-order valence-corrected chi connectivity index (χ2v) is 7.49. The van der Waals surface area contributed by atoms with E-state index in [9.17, 15) is 23.4 Å². The quantitative estimate of drug-likeness (QED) is 0.164. The van der Waals surface area contributed by atoms with Crippen LogP contribution in [-0.2, 0) is 21.4 Å². The molecule has 1 aliphatic rings. The average Bonchev–Trinajstić information content (AvgIpc) is 2.80. The predicted molar refractivity (Wildman–Crippen MR) is 87.0 cm³/mol. The van der Waals surface area contributed by atoms with E-state index in [1.54, 1.807) is 0 Å². The molecule has 1 saturated heterocycles. The topological polar surface area (TPSA) is 174 Å². The SMILES string of the molecule is O=c1[nH]c(=S)c(CNCCS(=O)(=O)O)cn1[C@@H]1O[C@H](CO)[C@@H](O)[C@H]1O. The molecule has 1 aliphatic heterocycles. The van der Waals surface area contributed by atoms with Crippen LogP contribution >= 0.6 is 12.2 Å². The van der Waals surface area contributed by atoms with Crippen molar-refractivity contribution in [2.24, 2.45) is 0 Å². The second-order valence-electron chi connectivity index (χ2n) is 5.51. The smallest absolute Gasteiger partial charge is 0.328 e. The Kier molecular flexibility index (Phi) is 6.45. The first kappa shape index (κ1) is 20.1. The highest BCUT2D eigenvalue weighted by molar-refractivity contribution is 7.85. The number of nitrogens with one attached hydrogen (secondary N) is 2. The Labute approximate surface area is 147 Å². The van der Waals surface area contributed by atoms with Crippen LogP contribution in [0.15, 0.2) is 11.0 Å². The number of nitrogens with zero attached hydrogens (tertiary/aromatic N) is 1. The van der Waals surface area contributed by atoms with Crippen molar-refractivity contribution in [3.05, 3.63) is 26.9 Å². The van der Waals surface area contributed by atoms with Crippen LogP contribution in [0.3, 0.4) is 0 Å². The Morgan fingerprint density at radius 2 is 2.04 bits per heavy atom. The minimum Gasteiger partial charge on any atom is -0.394 e. The van der Waals surface area contributed by atoms with Crippen LogP contribution in [0.4, 0.5) is 0 Å².